The van der Waals surface area contributed by atoms with Crippen molar-refractivity contribution < 1.29 is 0 Å². The molecular formula is C17H23N5. The lowest BCUT2D eigenvalue weighted by Crippen LogP contribution is -2.44. The summed E-state index contributed by atoms with van der Waals surface area (Å²) in [6.45, 7) is 8.39. The molecule has 0 saturated carbocycles. The quantitative estimate of drug-likeness (QED) is 0.943. The zero-order valence-corrected chi connectivity index (χ0v) is 13.5. The molecule has 5 nitrogen and oxygen atoms in total. The predicted octanol–water partition coefficient (Wildman–Crippen LogP) is 2.59. The number of hydrogen-bond donors (Lipinski definition) is 1. The summed E-state index contributed by atoms with van der Waals surface area (Å²) in [5.74, 6) is 1.65. The molecule has 3 rings (SSSR count). The fourth-order valence-electron chi connectivity index (χ4n) is 2.63. The van der Waals surface area contributed by atoms with Crippen LogP contribution in [0.25, 0.3) is 0 Å². The van der Waals surface area contributed by atoms with Crippen LogP contribution in [-0.2, 0) is 0 Å². The first-order valence-corrected chi connectivity index (χ1v) is 7.73. The van der Waals surface area contributed by atoms with E-state index < -0.39 is 0 Å². The third kappa shape index (κ3) is 3.20. The van der Waals surface area contributed by atoms with Crippen molar-refractivity contribution in [3.63, 3.8) is 0 Å². The zero-order valence-electron chi connectivity index (χ0n) is 13.5. The van der Waals surface area contributed by atoms with Gasteiger partial charge in [0.05, 0.1) is 0 Å². The molecule has 0 radical (unpaired) electrons. The van der Waals surface area contributed by atoms with Crippen molar-refractivity contribution in [2.75, 3.05) is 43.4 Å². The van der Waals surface area contributed by atoms with E-state index in [-0.39, 0.29) is 0 Å². The molecule has 2 heterocycles. The van der Waals surface area contributed by atoms with Gasteiger partial charge in [0, 0.05) is 38.1 Å². The Hall–Kier alpha value is -2.14. The van der Waals surface area contributed by atoms with Crippen molar-refractivity contribution in [3.8, 4) is 0 Å². The van der Waals surface area contributed by atoms with Crippen LogP contribution in [0.2, 0.25) is 0 Å². The van der Waals surface area contributed by atoms with E-state index in [2.05, 4.69) is 64.2 Å². The van der Waals surface area contributed by atoms with Crippen LogP contribution in [0, 0.1) is 13.8 Å². The summed E-state index contributed by atoms with van der Waals surface area (Å²) in [6.07, 6.45) is 1.83. The maximum absolute atomic E-state index is 4.67. The van der Waals surface area contributed by atoms with Crippen molar-refractivity contribution in [3.05, 3.63) is 41.6 Å². The molecule has 1 aromatic heterocycles. The van der Waals surface area contributed by atoms with E-state index in [1.807, 2.05) is 12.3 Å². The lowest BCUT2D eigenvalue weighted by atomic mass is 10.1. The van der Waals surface area contributed by atoms with Gasteiger partial charge in [-0.2, -0.15) is 4.98 Å². The van der Waals surface area contributed by atoms with Gasteiger partial charge in [-0.15, -0.1) is 0 Å². The molecule has 0 aliphatic carbocycles. The van der Waals surface area contributed by atoms with Gasteiger partial charge in [0.1, 0.15) is 5.82 Å². The minimum Gasteiger partial charge on any atom is -0.354 e. The molecule has 116 valence electrons. The van der Waals surface area contributed by atoms with Crippen molar-refractivity contribution in [1.29, 1.82) is 0 Å². The second kappa shape index (κ2) is 6.32. The Kier molecular flexibility index (Phi) is 4.24. The van der Waals surface area contributed by atoms with Crippen molar-refractivity contribution in [2.24, 2.45) is 0 Å². The Bertz CT molecular complexity index is 647. The molecule has 1 fully saturated rings. The summed E-state index contributed by atoms with van der Waals surface area (Å²) in [4.78, 5) is 13.7. The summed E-state index contributed by atoms with van der Waals surface area (Å²) in [5, 5.41) is 3.34. The Morgan fingerprint density at radius 3 is 2.59 bits per heavy atom. The van der Waals surface area contributed by atoms with Gasteiger partial charge < -0.3 is 15.1 Å². The van der Waals surface area contributed by atoms with Crippen LogP contribution in [-0.4, -0.2) is 48.1 Å². The molecule has 5 heteroatoms. The highest BCUT2D eigenvalue weighted by Gasteiger charge is 2.15. The summed E-state index contributed by atoms with van der Waals surface area (Å²) >= 11 is 0. The van der Waals surface area contributed by atoms with Crippen molar-refractivity contribution in [1.82, 2.24) is 14.9 Å². The number of hydrogen-bond acceptors (Lipinski definition) is 5. The number of anilines is 3. The average Bonchev–Trinajstić information content (AvgIpc) is 2.53. The smallest absolute Gasteiger partial charge is 0.229 e. The van der Waals surface area contributed by atoms with Crippen LogP contribution in [0.4, 0.5) is 17.5 Å². The topological polar surface area (TPSA) is 44.3 Å². The Balaban J connectivity index is 1.78. The minimum absolute atomic E-state index is 0.658. The molecule has 0 amide bonds. The summed E-state index contributed by atoms with van der Waals surface area (Å²) in [5.41, 5.74) is 3.56. The van der Waals surface area contributed by atoms with Crippen LogP contribution in [0.1, 0.15) is 11.1 Å². The van der Waals surface area contributed by atoms with Gasteiger partial charge in [0.2, 0.25) is 5.95 Å². The number of benzene rings is 1. The molecule has 1 N–H and O–H groups in total. The highest BCUT2D eigenvalue weighted by Crippen LogP contribution is 2.22. The van der Waals surface area contributed by atoms with Gasteiger partial charge in [0.15, 0.2) is 0 Å². The summed E-state index contributed by atoms with van der Waals surface area (Å²) in [7, 11) is 2.16. The first-order chi connectivity index (χ1) is 10.6. The number of likely N-dealkylation sites (N-methyl/N-ethyl adjacent to an activating group) is 1. The van der Waals surface area contributed by atoms with Crippen LogP contribution in [0.3, 0.4) is 0 Å². The molecular weight excluding hydrogens is 274 g/mol. The molecule has 2 aromatic rings. The first-order valence-electron chi connectivity index (χ1n) is 7.73. The minimum atomic E-state index is 0.658. The second-order valence-corrected chi connectivity index (χ2v) is 5.90. The maximum atomic E-state index is 4.67. The lowest BCUT2D eigenvalue weighted by molar-refractivity contribution is 0.312. The van der Waals surface area contributed by atoms with Crippen LogP contribution < -0.4 is 10.2 Å². The van der Waals surface area contributed by atoms with E-state index >= 15 is 0 Å². The zero-order chi connectivity index (χ0) is 15.5. The third-order valence-electron chi connectivity index (χ3n) is 4.32. The number of aromatic nitrogens is 2. The third-order valence-corrected chi connectivity index (χ3v) is 4.32. The van der Waals surface area contributed by atoms with Gasteiger partial charge >= 0.3 is 0 Å². The SMILES string of the molecule is Cc1cccc(Nc2nccc(N3CCN(C)CC3)n2)c1C. The number of piperazine rings is 1. The van der Waals surface area contributed by atoms with E-state index in [1.54, 1.807) is 0 Å². The first kappa shape index (κ1) is 14.8. The van der Waals surface area contributed by atoms with E-state index in [9.17, 15) is 0 Å². The summed E-state index contributed by atoms with van der Waals surface area (Å²) in [6, 6.07) is 8.21. The number of nitrogens with one attached hydrogen (secondary N) is 1. The van der Waals surface area contributed by atoms with E-state index in [4.69, 9.17) is 0 Å². The molecule has 1 saturated heterocycles. The largest absolute Gasteiger partial charge is 0.354 e. The molecule has 1 aromatic carbocycles. The molecule has 0 atom stereocenters. The number of nitrogens with zero attached hydrogens (tertiary/aromatic N) is 4. The lowest BCUT2D eigenvalue weighted by Gasteiger charge is -2.33. The van der Waals surface area contributed by atoms with Gasteiger partial charge in [-0.3, -0.25) is 0 Å². The van der Waals surface area contributed by atoms with Crippen molar-refractivity contribution >= 4 is 17.5 Å². The number of rotatable bonds is 3. The molecule has 0 bridgehead atoms. The Morgan fingerprint density at radius 2 is 1.82 bits per heavy atom. The molecule has 1 aliphatic rings. The predicted molar refractivity (Wildman–Crippen MR) is 90.9 cm³/mol. The normalized spacial score (nSPS) is 15.9. The number of aryl methyl sites for hydroxylation is 1. The fourth-order valence-corrected chi connectivity index (χ4v) is 2.63. The molecule has 0 unspecified atom stereocenters. The molecule has 0 spiro atoms. The average molecular weight is 297 g/mol. The highest BCUT2D eigenvalue weighted by molar-refractivity contribution is 5.61. The highest BCUT2D eigenvalue weighted by atomic mass is 15.3. The molecule has 22 heavy (non-hydrogen) atoms. The Labute approximate surface area is 132 Å². The van der Waals surface area contributed by atoms with Crippen LogP contribution >= 0.6 is 0 Å². The standard InChI is InChI=1S/C17H23N5/c1-13-5-4-6-15(14(13)2)19-17-18-8-7-16(20-17)22-11-9-21(3)10-12-22/h4-8H,9-12H2,1-3H3,(H,18,19,20). The van der Waals surface area contributed by atoms with E-state index in [0.717, 1.165) is 37.7 Å². The van der Waals surface area contributed by atoms with Gasteiger partial charge in [0.25, 0.3) is 0 Å². The van der Waals surface area contributed by atoms with Gasteiger partial charge in [-0.25, -0.2) is 4.98 Å². The van der Waals surface area contributed by atoms with Crippen LogP contribution in [0.5, 0.6) is 0 Å². The Morgan fingerprint density at radius 1 is 1.05 bits per heavy atom. The van der Waals surface area contributed by atoms with Crippen molar-refractivity contribution in [2.45, 2.75) is 13.8 Å². The molecule has 1 aliphatic heterocycles. The summed E-state index contributed by atoms with van der Waals surface area (Å²) < 4.78 is 0. The van der Waals surface area contributed by atoms with Gasteiger partial charge in [-0.1, -0.05) is 12.1 Å². The second-order valence-electron chi connectivity index (χ2n) is 5.90. The monoisotopic (exact) mass is 297 g/mol. The van der Waals surface area contributed by atoms with Crippen LogP contribution in [0.15, 0.2) is 30.5 Å². The van der Waals surface area contributed by atoms with E-state index in [0.29, 0.717) is 5.95 Å². The maximum Gasteiger partial charge on any atom is 0.229 e. The fraction of sp³-hybridized carbons (Fsp3) is 0.412. The van der Waals surface area contributed by atoms with Gasteiger partial charge in [-0.05, 0) is 44.2 Å². The van der Waals surface area contributed by atoms with E-state index in [1.165, 1.54) is 11.1 Å².